The minimum absolute atomic E-state index is 0.270. The van der Waals surface area contributed by atoms with Crippen molar-refractivity contribution < 1.29 is 22.3 Å². The first-order valence-electron chi connectivity index (χ1n) is 3.25. The van der Waals surface area contributed by atoms with Crippen molar-refractivity contribution >= 4 is 0 Å². The molecule has 68 valence electrons. The minimum Gasteiger partial charge on any atom is -0.407 e. The molecule has 1 rings (SSSR count). The van der Waals surface area contributed by atoms with E-state index in [2.05, 4.69) is 4.74 Å². The molecule has 0 saturated carbocycles. The highest BCUT2D eigenvalue weighted by Gasteiger charge is 2.34. The van der Waals surface area contributed by atoms with E-state index in [1.54, 1.807) is 0 Å². The average Bonchev–Trinajstić information content (AvgIpc) is 1.91. The first-order valence-corrected chi connectivity index (χ1v) is 3.25. The van der Waals surface area contributed by atoms with Gasteiger partial charge in [0.25, 0.3) is 0 Å². The fourth-order valence-electron chi connectivity index (χ4n) is 0.821. The van der Waals surface area contributed by atoms with Gasteiger partial charge in [-0.3, -0.25) is 0 Å². The summed E-state index contributed by atoms with van der Waals surface area (Å²) in [5.41, 5.74) is 0. The van der Waals surface area contributed by atoms with Crippen LogP contribution >= 0.6 is 0 Å². The standard InChI is InChI=1S/C7H6F4O/c8-5-3-1-2-4-6(5)12-7(9,10)11/h1,3-5H,2H2. The number of rotatable bonds is 1. The molecular formula is C7H6F4O. The lowest BCUT2D eigenvalue weighted by molar-refractivity contribution is -0.308. The van der Waals surface area contributed by atoms with Crippen LogP contribution in [0.4, 0.5) is 17.6 Å². The van der Waals surface area contributed by atoms with Crippen molar-refractivity contribution in [3.05, 3.63) is 24.0 Å². The quantitative estimate of drug-likeness (QED) is 0.447. The molecule has 5 heteroatoms. The smallest absolute Gasteiger partial charge is 0.407 e. The molecule has 0 spiro atoms. The fourth-order valence-corrected chi connectivity index (χ4v) is 0.821. The van der Waals surface area contributed by atoms with E-state index in [9.17, 15) is 17.6 Å². The number of ether oxygens (including phenoxy) is 1. The van der Waals surface area contributed by atoms with Crippen molar-refractivity contribution in [2.24, 2.45) is 0 Å². The van der Waals surface area contributed by atoms with E-state index in [-0.39, 0.29) is 6.42 Å². The van der Waals surface area contributed by atoms with Gasteiger partial charge in [0.15, 0.2) is 6.17 Å². The molecule has 0 aromatic heterocycles. The average molecular weight is 182 g/mol. The number of hydrogen-bond acceptors (Lipinski definition) is 1. The number of hydrogen-bond donors (Lipinski definition) is 0. The van der Waals surface area contributed by atoms with E-state index < -0.39 is 18.3 Å². The van der Waals surface area contributed by atoms with Gasteiger partial charge >= 0.3 is 6.36 Å². The zero-order valence-corrected chi connectivity index (χ0v) is 5.94. The Hall–Kier alpha value is -1.00. The van der Waals surface area contributed by atoms with Crippen LogP contribution in [0.25, 0.3) is 0 Å². The predicted molar refractivity (Wildman–Crippen MR) is 33.9 cm³/mol. The van der Waals surface area contributed by atoms with Crippen LogP contribution in [0.2, 0.25) is 0 Å². The lowest BCUT2D eigenvalue weighted by Crippen LogP contribution is -2.18. The highest BCUT2D eigenvalue weighted by molar-refractivity contribution is 5.16. The van der Waals surface area contributed by atoms with Gasteiger partial charge in [0.2, 0.25) is 0 Å². The van der Waals surface area contributed by atoms with Crippen LogP contribution in [0.3, 0.4) is 0 Å². The molecule has 12 heavy (non-hydrogen) atoms. The molecule has 0 saturated heterocycles. The summed E-state index contributed by atoms with van der Waals surface area (Å²) >= 11 is 0. The maximum Gasteiger partial charge on any atom is 0.572 e. The molecule has 0 aromatic carbocycles. The van der Waals surface area contributed by atoms with Crippen LogP contribution in [-0.4, -0.2) is 12.5 Å². The van der Waals surface area contributed by atoms with E-state index in [0.29, 0.717) is 0 Å². The van der Waals surface area contributed by atoms with Crippen LogP contribution in [0.5, 0.6) is 0 Å². The molecule has 0 aromatic rings. The Labute approximate surface area is 66.3 Å². The summed E-state index contributed by atoms with van der Waals surface area (Å²) in [6.07, 6.45) is -2.78. The van der Waals surface area contributed by atoms with Gasteiger partial charge in [-0.05, 0) is 18.6 Å². The van der Waals surface area contributed by atoms with E-state index >= 15 is 0 Å². The van der Waals surface area contributed by atoms with E-state index in [1.165, 1.54) is 6.08 Å². The largest absolute Gasteiger partial charge is 0.572 e. The summed E-state index contributed by atoms with van der Waals surface area (Å²) in [4.78, 5) is 0. The van der Waals surface area contributed by atoms with Crippen molar-refractivity contribution in [3.63, 3.8) is 0 Å². The molecule has 0 heterocycles. The first kappa shape index (κ1) is 9.09. The fraction of sp³-hybridized carbons (Fsp3) is 0.429. The molecule has 1 nitrogen and oxygen atoms in total. The Morgan fingerprint density at radius 2 is 2.08 bits per heavy atom. The van der Waals surface area contributed by atoms with Gasteiger partial charge in [-0.2, -0.15) is 0 Å². The number of alkyl halides is 4. The molecule has 1 aliphatic rings. The Morgan fingerprint density at radius 1 is 1.42 bits per heavy atom. The second-order valence-electron chi connectivity index (χ2n) is 2.22. The zero-order valence-electron chi connectivity index (χ0n) is 5.94. The first-order chi connectivity index (χ1) is 5.49. The molecule has 1 unspecified atom stereocenters. The van der Waals surface area contributed by atoms with Crippen LogP contribution in [0.15, 0.2) is 24.0 Å². The zero-order chi connectivity index (χ0) is 9.19. The summed E-state index contributed by atoms with van der Waals surface area (Å²) in [7, 11) is 0. The third-order valence-corrected chi connectivity index (χ3v) is 1.27. The topological polar surface area (TPSA) is 9.23 Å². The highest BCUT2D eigenvalue weighted by atomic mass is 19.4. The van der Waals surface area contributed by atoms with Crippen LogP contribution < -0.4 is 0 Å². The third kappa shape index (κ3) is 2.56. The van der Waals surface area contributed by atoms with E-state index in [1.807, 2.05) is 0 Å². The van der Waals surface area contributed by atoms with Crippen molar-refractivity contribution in [2.75, 3.05) is 0 Å². The van der Waals surface area contributed by atoms with Gasteiger partial charge in [0, 0.05) is 0 Å². The maximum atomic E-state index is 12.6. The van der Waals surface area contributed by atoms with Gasteiger partial charge < -0.3 is 4.74 Å². The molecule has 0 radical (unpaired) electrons. The predicted octanol–water partition coefficient (Wildman–Crippen LogP) is 2.70. The number of halogens is 4. The monoisotopic (exact) mass is 182 g/mol. The van der Waals surface area contributed by atoms with Crippen LogP contribution in [0.1, 0.15) is 6.42 Å². The van der Waals surface area contributed by atoms with Gasteiger partial charge in [0.1, 0.15) is 5.76 Å². The SMILES string of the molecule is FC1C=CCC=C1OC(F)(F)F. The van der Waals surface area contributed by atoms with Crippen molar-refractivity contribution in [2.45, 2.75) is 19.0 Å². The molecule has 0 aliphatic heterocycles. The Bertz CT molecular complexity index is 216. The van der Waals surface area contributed by atoms with E-state index in [4.69, 9.17) is 0 Å². The minimum atomic E-state index is -4.80. The highest BCUT2D eigenvalue weighted by Crippen LogP contribution is 2.26. The van der Waals surface area contributed by atoms with E-state index in [0.717, 1.165) is 12.2 Å². The lowest BCUT2D eigenvalue weighted by atomic mass is 10.1. The van der Waals surface area contributed by atoms with Gasteiger partial charge in [0.05, 0.1) is 0 Å². The molecule has 1 atom stereocenters. The summed E-state index contributed by atoms with van der Waals surface area (Å²) in [5.74, 6) is -0.676. The molecule has 0 N–H and O–H groups in total. The van der Waals surface area contributed by atoms with Crippen molar-refractivity contribution in [1.82, 2.24) is 0 Å². The Morgan fingerprint density at radius 3 is 2.58 bits per heavy atom. The summed E-state index contributed by atoms with van der Waals surface area (Å²) in [6.45, 7) is 0. The summed E-state index contributed by atoms with van der Waals surface area (Å²) in [5, 5.41) is 0. The Kier molecular flexibility index (Phi) is 2.40. The molecule has 0 bridgehead atoms. The van der Waals surface area contributed by atoms with Gasteiger partial charge in [-0.15, -0.1) is 13.2 Å². The van der Waals surface area contributed by atoms with Crippen LogP contribution in [-0.2, 0) is 4.74 Å². The lowest BCUT2D eigenvalue weighted by Gasteiger charge is -2.15. The summed E-state index contributed by atoms with van der Waals surface area (Å²) in [6, 6.07) is 0. The maximum absolute atomic E-state index is 12.6. The molecular weight excluding hydrogens is 176 g/mol. The number of allylic oxidation sites excluding steroid dienone is 3. The van der Waals surface area contributed by atoms with Crippen molar-refractivity contribution in [1.29, 1.82) is 0 Å². The Balaban J connectivity index is 2.58. The molecule has 0 amide bonds. The van der Waals surface area contributed by atoms with Crippen molar-refractivity contribution in [3.8, 4) is 0 Å². The van der Waals surface area contributed by atoms with Gasteiger partial charge in [-0.25, -0.2) is 4.39 Å². The second-order valence-corrected chi connectivity index (χ2v) is 2.22. The molecule has 1 aliphatic carbocycles. The second kappa shape index (κ2) is 3.16. The van der Waals surface area contributed by atoms with Gasteiger partial charge in [-0.1, -0.05) is 6.08 Å². The molecule has 0 fully saturated rings. The third-order valence-electron chi connectivity index (χ3n) is 1.27. The van der Waals surface area contributed by atoms with Crippen LogP contribution in [0, 0.1) is 0 Å². The normalized spacial score (nSPS) is 23.7. The summed E-state index contributed by atoms with van der Waals surface area (Å²) < 4.78 is 50.7.